The van der Waals surface area contributed by atoms with Crippen LogP contribution in [0.25, 0.3) is 0 Å². The summed E-state index contributed by atoms with van der Waals surface area (Å²) in [5.41, 5.74) is 2.95. The summed E-state index contributed by atoms with van der Waals surface area (Å²) in [6.07, 6.45) is 1.10. The van der Waals surface area contributed by atoms with Gasteiger partial charge in [0.25, 0.3) is 0 Å². The Balaban J connectivity index is 2.27. The lowest BCUT2D eigenvalue weighted by molar-refractivity contribution is -0.114. The van der Waals surface area contributed by atoms with Crippen molar-refractivity contribution >= 4 is 27.3 Å². The molecule has 2 rings (SSSR count). The topological polar surface area (TPSA) is 66.5 Å². The molecule has 0 aliphatic rings. The van der Waals surface area contributed by atoms with E-state index >= 15 is 0 Å². The average molecular weight is 375 g/mol. The molecular formula is C20H26N2O3S. The zero-order valence-electron chi connectivity index (χ0n) is 15.9. The van der Waals surface area contributed by atoms with Crippen molar-refractivity contribution in [2.24, 2.45) is 0 Å². The van der Waals surface area contributed by atoms with Crippen LogP contribution in [-0.2, 0) is 20.2 Å². The molecule has 0 atom stereocenters. The predicted octanol–water partition coefficient (Wildman–Crippen LogP) is 3.70. The molecule has 1 N–H and O–H groups in total. The molecule has 2 aromatic rings. The van der Waals surface area contributed by atoms with Gasteiger partial charge >= 0.3 is 0 Å². The first-order valence-electron chi connectivity index (χ1n) is 8.42. The number of para-hydroxylation sites is 1. The normalized spacial score (nSPS) is 11.9. The minimum Gasteiger partial charge on any atom is -0.324 e. The molecule has 0 saturated carbocycles. The van der Waals surface area contributed by atoms with Crippen LogP contribution >= 0.6 is 0 Å². The number of rotatable bonds is 5. The molecule has 0 radical (unpaired) electrons. The van der Waals surface area contributed by atoms with Gasteiger partial charge in [-0.25, -0.2) is 8.42 Å². The van der Waals surface area contributed by atoms with E-state index in [1.165, 1.54) is 0 Å². The number of anilines is 2. The number of nitrogens with one attached hydrogen (secondary N) is 1. The van der Waals surface area contributed by atoms with E-state index in [4.69, 9.17) is 0 Å². The van der Waals surface area contributed by atoms with E-state index in [0.29, 0.717) is 11.4 Å². The number of amides is 1. The number of benzene rings is 2. The zero-order valence-corrected chi connectivity index (χ0v) is 16.7. The fourth-order valence-electron chi connectivity index (χ4n) is 2.75. The van der Waals surface area contributed by atoms with Crippen molar-refractivity contribution in [3.8, 4) is 0 Å². The van der Waals surface area contributed by atoms with Gasteiger partial charge in [-0.05, 0) is 41.7 Å². The molecule has 0 spiro atoms. The van der Waals surface area contributed by atoms with E-state index in [2.05, 4.69) is 26.1 Å². The Morgan fingerprint density at radius 3 is 2.31 bits per heavy atom. The van der Waals surface area contributed by atoms with Crippen LogP contribution in [-0.4, -0.2) is 27.1 Å². The van der Waals surface area contributed by atoms with Crippen LogP contribution in [0.2, 0.25) is 0 Å². The fourth-order valence-corrected chi connectivity index (χ4v) is 3.60. The van der Waals surface area contributed by atoms with Crippen molar-refractivity contribution in [1.82, 2.24) is 0 Å². The second-order valence-electron chi connectivity index (χ2n) is 7.45. The van der Waals surface area contributed by atoms with Crippen molar-refractivity contribution in [3.63, 3.8) is 0 Å². The van der Waals surface area contributed by atoms with Gasteiger partial charge < -0.3 is 5.32 Å². The Morgan fingerprint density at radius 1 is 1.08 bits per heavy atom. The molecule has 0 aromatic heterocycles. The SMILES string of the molecule is Cc1cccc(N(CC(=O)Nc2ccccc2C(C)(C)C)S(C)(=O)=O)c1. The van der Waals surface area contributed by atoms with E-state index in [0.717, 1.165) is 21.7 Å². The summed E-state index contributed by atoms with van der Waals surface area (Å²) in [7, 11) is -3.59. The number of carbonyl (C=O) groups excluding carboxylic acids is 1. The summed E-state index contributed by atoms with van der Waals surface area (Å²) in [4.78, 5) is 12.6. The standard InChI is InChI=1S/C20H26N2O3S/c1-15-9-8-10-16(13-15)22(26(5,24)25)14-19(23)21-18-12-7-6-11-17(18)20(2,3)4/h6-13H,14H2,1-5H3,(H,21,23). The number of hydrogen-bond donors (Lipinski definition) is 1. The molecule has 0 heterocycles. The van der Waals surface area contributed by atoms with Gasteiger partial charge in [-0.1, -0.05) is 51.1 Å². The lowest BCUT2D eigenvalue weighted by Gasteiger charge is -2.25. The van der Waals surface area contributed by atoms with Gasteiger partial charge in [0.2, 0.25) is 15.9 Å². The van der Waals surface area contributed by atoms with E-state index < -0.39 is 10.0 Å². The molecule has 0 aliphatic carbocycles. The van der Waals surface area contributed by atoms with Crippen LogP contribution < -0.4 is 9.62 Å². The largest absolute Gasteiger partial charge is 0.324 e. The molecule has 2 aromatic carbocycles. The first-order chi connectivity index (χ1) is 12.0. The zero-order chi connectivity index (χ0) is 19.5. The highest BCUT2D eigenvalue weighted by atomic mass is 32.2. The summed E-state index contributed by atoms with van der Waals surface area (Å²) in [5.74, 6) is -0.381. The molecule has 0 saturated heterocycles. The Hall–Kier alpha value is -2.34. The Kier molecular flexibility index (Phi) is 5.76. The summed E-state index contributed by atoms with van der Waals surface area (Å²) < 4.78 is 25.5. The van der Waals surface area contributed by atoms with E-state index in [9.17, 15) is 13.2 Å². The highest BCUT2D eigenvalue weighted by Gasteiger charge is 2.23. The van der Waals surface area contributed by atoms with Gasteiger partial charge in [0, 0.05) is 5.69 Å². The molecule has 0 aliphatic heterocycles. The smallest absolute Gasteiger partial charge is 0.245 e. The van der Waals surface area contributed by atoms with Crippen LogP contribution in [0.4, 0.5) is 11.4 Å². The molecular weight excluding hydrogens is 348 g/mol. The maximum Gasteiger partial charge on any atom is 0.245 e. The third-order valence-corrected chi connectivity index (χ3v) is 5.13. The van der Waals surface area contributed by atoms with Crippen molar-refractivity contribution in [1.29, 1.82) is 0 Å². The van der Waals surface area contributed by atoms with Crippen molar-refractivity contribution in [3.05, 3.63) is 59.7 Å². The van der Waals surface area contributed by atoms with E-state index in [1.54, 1.807) is 18.2 Å². The number of carbonyl (C=O) groups is 1. The maximum atomic E-state index is 12.6. The van der Waals surface area contributed by atoms with Crippen LogP contribution in [0, 0.1) is 6.92 Å². The molecule has 1 amide bonds. The predicted molar refractivity (Wildman–Crippen MR) is 107 cm³/mol. The molecule has 0 fully saturated rings. The van der Waals surface area contributed by atoms with Crippen LogP contribution in [0.3, 0.4) is 0 Å². The van der Waals surface area contributed by atoms with Gasteiger partial charge in [-0.3, -0.25) is 9.10 Å². The van der Waals surface area contributed by atoms with Crippen molar-refractivity contribution in [2.75, 3.05) is 22.4 Å². The third-order valence-electron chi connectivity index (χ3n) is 3.99. The highest BCUT2D eigenvalue weighted by molar-refractivity contribution is 7.92. The fraction of sp³-hybridized carbons (Fsp3) is 0.350. The summed E-state index contributed by atoms with van der Waals surface area (Å²) >= 11 is 0. The van der Waals surface area contributed by atoms with Crippen LogP contribution in [0.5, 0.6) is 0 Å². The third kappa shape index (κ3) is 5.08. The molecule has 0 unspecified atom stereocenters. The summed E-state index contributed by atoms with van der Waals surface area (Å²) in [5, 5.41) is 2.86. The van der Waals surface area contributed by atoms with Crippen LogP contribution in [0.1, 0.15) is 31.9 Å². The number of sulfonamides is 1. The first-order valence-corrected chi connectivity index (χ1v) is 10.3. The molecule has 0 bridgehead atoms. The molecule has 6 heteroatoms. The van der Waals surface area contributed by atoms with Gasteiger partial charge in [0.05, 0.1) is 11.9 Å². The minimum absolute atomic E-state index is 0.142. The van der Waals surface area contributed by atoms with Gasteiger partial charge in [0.15, 0.2) is 0 Å². The van der Waals surface area contributed by atoms with Gasteiger partial charge in [0.1, 0.15) is 6.54 Å². The maximum absolute atomic E-state index is 12.6. The number of aryl methyl sites for hydroxylation is 1. The highest BCUT2D eigenvalue weighted by Crippen LogP contribution is 2.29. The van der Waals surface area contributed by atoms with E-state index in [-0.39, 0.29) is 17.9 Å². The van der Waals surface area contributed by atoms with Gasteiger partial charge in [-0.2, -0.15) is 0 Å². The number of hydrogen-bond acceptors (Lipinski definition) is 3. The van der Waals surface area contributed by atoms with Crippen molar-refractivity contribution in [2.45, 2.75) is 33.1 Å². The average Bonchev–Trinajstić information content (AvgIpc) is 2.51. The van der Waals surface area contributed by atoms with Crippen LogP contribution in [0.15, 0.2) is 48.5 Å². The molecule has 26 heavy (non-hydrogen) atoms. The second kappa shape index (κ2) is 7.50. The minimum atomic E-state index is -3.59. The lowest BCUT2D eigenvalue weighted by Crippen LogP contribution is -2.37. The quantitative estimate of drug-likeness (QED) is 0.868. The Labute approximate surface area is 156 Å². The van der Waals surface area contributed by atoms with Crippen molar-refractivity contribution < 1.29 is 13.2 Å². The second-order valence-corrected chi connectivity index (χ2v) is 9.36. The lowest BCUT2D eigenvalue weighted by atomic mass is 9.86. The number of nitrogens with zero attached hydrogens (tertiary/aromatic N) is 1. The Morgan fingerprint density at radius 2 is 1.73 bits per heavy atom. The summed E-state index contributed by atoms with van der Waals surface area (Å²) in [6, 6.07) is 14.6. The monoisotopic (exact) mass is 374 g/mol. The Bertz CT molecular complexity index is 899. The van der Waals surface area contributed by atoms with Gasteiger partial charge in [-0.15, -0.1) is 0 Å². The molecule has 5 nitrogen and oxygen atoms in total. The summed E-state index contributed by atoms with van der Waals surface area (Å²) in [6.45, 7) is 7.79. The molecule has 140 valence electrons. The first kappa shape index (κ1) is 20.0. The van der Waals surface area contributed by atoms with E-state index in [1.807, 2.05) is 37.3 Å².